The minimum absolute atomic E-state index is 0.00579. The molecular weight excluding hydrogens is 446 g/mol. The smallest absolute Gasteiger partial charge is 0.454 e. The van der Waals surface area contributed by atoms with Crippen LogP contribution >= 0.6 is 11.8 Å². The highest BCUT2D eigenvalue weighted by molar-refractivity contribution is 7.99. The molecule has 0 radical (unpaired) electrons. The molecular formula is C21H12F6O3S. The molecule has 0 saturated carbocycles. The number of aliphatic hydroxyl groups is 1. The minimum Gasteiger partial charge on any atom is -0.496 e. The van der Waals surface area contributed by atoms with Gasteiger partial charge in [-0.25, -0.2) is 0 Å². The number of rotatable bonds is 2. The number of ether oxygens (including phenoxy) is 1. The topological polar surface area (TPSA) is 46.5 Å². The van der Waals surface area contributed by atoms with Gasteiger partial charge in [-0.2, -0.15) is 26.3 Å². The highest BCUT2D eigenvalue weighted by Crippen LogP contribution is 2.59. The third kappa shape index (κ3) is 3.08. The van der Waals surface area contributed by atoms with E-state index in [4.69, 9.17) is 4.74 Å². The summed E-state index contributed by atoms with van der Waals surface area (Å²) in [5.74, 6) is -2.58. The van der Waals surface area contributed by atoms with Crippen molar-refractivity contribution in [3.63, 3.8) is 0 Å². The molecule has 1 atom stereocenters. The van der Waals surface area contributed by atoms with Crippen molar-refractivity contribution in [2.24, 2.45) is 0 Å². The molecule has 1 heterocycles. The Bertz CT molecular complexity index is 1220. The predicted molar refractivity (Wildman–Crippen MR) is 101 cm³/mol. The van der Waals surface area contributed by atoms with Gasteiger partial charge in [0.2, 0.25) is 5.60 Å². The van der Waals surface area contributed by atoms with E-state index < -0.39 is 40.4 Å². The first-order valence-corrected chi connectivity index (χ1v) is 9.55. The van der Waals surface area contributed by atoms with Crippen LogP contribution < -0.4 is 4.74 Å². The van der Waals surface area contributed by atoms with Gasteiger partial charge in [-0.15, -0.1) is 0 Å². The number of alkyl halides is 6. The molecule has 0 amide bonds. The number of Topliss-reactive ketones (excluding diaryl/α,β-unsaturated/α-hetero) is 1. The monoisotopic (exact) mass is 458 g/mol. The van der Waals surface area contributed by atoms with E-state index >= 15 is 0 Å². The Morgan fingerprint density at radius 3 is 2.23 bits per heavy atom. The van der Waals surface area contributed by atoms with Gasteiger partial charge in [-0.3, -0.25) is 4.79 Å². The molecule has 0 aromatic heterocycles. The summed E-state index contributed by atoms with van der Waals surface area (Å²) in [7, 11) is 1.12. The number of hydrogen-bond donors (Lipinski definition) is 1. The van der Waals surface area contributed by atoms with Crippen LogP contribution in [0.2, 0.25) is 0 Å². The van der Waals surface area contributed by atoms with Crippen molar-refractivity contribution in [3.05, 3.63) is 65.2 Å². The van der Waals surface area contributed by atoms with Gasteiger partial charge in [0.1, 0.15) is 5.75 Å². The molecule has 0 fully saturated rings. The van der Waals surface area contributed by atoms with Crippen molar-refractivity contribution in [1.82, 2.24) is 0 Å². The number of halogens is 6. The van der Waals surface area contributed by atoms with Crippen LogP contribution in [0.5, 0.6) is 5.75 Å². The summed E-state index contributed by atoms with van der Waals surface area (Å²) < 4.78 is 87.7. The maximum atomic E-state index is 14.3. The molecule has 0 bridgehead atoms. The van der Waals surface area contributed by atoms with Gasteiger partial charge < -0.3 is 9.84 Å². The summed E-state index contributed by atoms with van der Waals surface area (Å²) in [6, 6.07) is 9.84. The van der Waals surface area contributed by atoms with Gasteiger partial charge >= 0.3 is 12.4 Å². The molecule has 162 valence electrons. The molecule has 3 aromatic carbocycles. The highest BCUT2D eigenvalue weighted by atomic mass is 32.2. The second kappa shape index (κ2) is 6.89. The van der Waals surface area contributed by atoms with Crippen LogP contribution in [0.15, 0.2) is 58.3 Å². The summed E-state index contributed by atoms with van der Waals surface area (Å²) in [5, 5.41) is 10.9. The first-order valence-electron chi connectivity index (χ1n) is 8.73. The molecule has 31 heavy (non-hydrogen) atoms. The Kier molecular flexibility index (Phi) is 4.78. The molecule has 10 heteroatoms. The Morgan fingerprint density at radius 1 is 1.00 bits per heavy atom. The van der Waals surface area contributed by atoms with Gasteiger partial charge in [0.25, 0.3) is 5.78 Å². The van der Waals surface area contributed by atoms with Crippen molar-refractivity contribution in [1.29, 1.82) is 0 Å². The Morgan fingerprint density at radius 2 is 1.65 bits per heavy atom. The zero-order valence-corrected chi connectivity index (χ0v) is 16.4. The first-order chi connectivity index (χ1) is 14.4. The Hall–Kier alpha value is -2.72. The number of methoxy groups -OCH3 is 1. The summed E-state index contributed by atoms with van der Waals surface area (Å²) in [6.07, 6.45) is -10.6. The molecule has 3 aromatic rings. The molecule has 1 aliphatic heterocycles. The van der Waals surface area contributed by atoms with Crippen LogP contribution in [0.25, 0.3) is 10.8 Å². The maximum Gasteiger partial charge on any atom is 0.454 e. The van der Waals surface area contributed by atoms with Crippen molar-refractivity contribution >= 4 is 28.3 Å². The van der Waals surface area contributed by atoms with Gasteiger partial charge in [-0.05, 0) is 29.0 Å². The highest BCUT2D eigenvalue weighted by Gasteiger charge is 2.61. The molecule has 4 rings (SSSR count). The fourth-order valence-corrected chi connectivity index (χ4v) is 5.05. The number of hydrogen-bond acceptors (Lipinski definition) is 4. The van der Waals surface area contributed by atoms with Crippen LogP contribution in [-0.2, 0) is 5.60 Å². The predicted octanol–water partition coefficient (Wildman–Crippen LogP) is 5.86. The summed E-state index contributed by atoms with van der Waals surface area (Å²) >= 11 is 0.855. The van der Waals surface area contributed by atoms with Gasteiger partial charge in [-0.1, -0.05) is 42.1 Å². The average molecular weight is 458 g/mol. The van der Waals surface area contributed by atoms with E-state index in [1.165, 1.54) is 42.5 Å². The molecule has 0 spiro atoms. The lowest BCUT2D eigenvalue weighted by atomic mass is 9.81. The van der Waals surface area contributed by atoms with Gasteiger partial charge in [0.05, 0.1) is 12.7 Å². The van der Waals surface area contributed by atoms with Crippen molar-refractivity contribution < 1.29 is 41.0 Å². The lowest BCUT2D eigenvalue weighted by molar-refractivity contribution is -0.250. The van der Waals surface area contributed by atoms with Gasteiger partial charge in [0.15, 0.2) is 0 Å². The van der Waals surface area contributed by atoms with Crippen LogP contribution in [0.4, 0.5) is 26.3 Å². The Balaban J connectivity index is 2.17. The van der Waals surface area contributed by atoms with E-state index in [9.17, 15) is 36.2 Å². The Labute approximate surface area is 175 Å². The molecule has 0 saturated heterocycles. The minimum atomic E-state index is -5.33. The van der Waals surface area contributed by atoms with E-state index in [1.54, 1.807) is 0 Å². The number of carbonyl (C=O) groups is 1. The van der Waals surface area contributed by atoms with Gasteiger partial charge in [0, 0.05) is 20.9 Å². The quantitative estimate of drug-likeness (QED) is 0.386. The van der Waals surface area contributed by atoms with E-state index in [2.05, 4.69) is 0 Å². The standard InChI is InChI=1S/C21H12F6O3S/c1-30-14-7-4-8-15-16(14)19(29,21(25,26)27)13-9-12(18(28)20(22,23)24)10-5-2-3-6-11(10)17(13)31-15/h2-9,29H,1H3. The zero-order chi connectivity index (χ0) is 22.8. The van der Waals surface area contributed by atoms with E-state index in [0.717, 1.165) is 18.9 Å². The number of benzene rings is 3. The second-order valence-electron chi connectivity index (χ2n) is 6.82. The van der Waals surface area contributed by atoms with Crippen LogP contribution in [0.3, 0.4) is 0 Å². The fourth-order valence-electron chi connectivity index (χ4n) is 3.73. The third-order valence-corrected chi connectivity index (χ3v) is 6.28. The largest absolute Gasteiger partial charge is 0.496 e. The van der Waals surface area contributed by atoms with Crippen molar-refractivity contribution in [2.75, 3.05) is 7.11 Å². The van der Waals surface area contributed by atoms with Crippen molar-refractivity contribution in [2.45, 2.75) is 27.7 Å². The normalized spacial score (nSPS) is 18.5. The number of ketones is 1. The third-order valence-electron chi connectivity index (χ3n) is 5.08. The lowest BCUT2D eigenvalue weighted by Gasteiger charge is -2.38. The summed E-state index contributed by atoms with van der Waals surface area (Å²) in [6.45, 7) is 0. The molecule has 1 aliphatic rings. The number of carbonyl (C=O) groups excluding carboxylic acids is 1. The molecule has 1 unspecified atom stereocenters. The van der Waals surface area contributed by atoms with E-state index in [-0.39, 0.29) is 26.3 Å². The summed E-state index contributed by atoms with van der Waals surface area (Å²) in [5.41, 5.74) is -6.15. The second-order valence-corrected chi connectivity index (χ2v) is 7.87. The first kappa shape index (κ1) is 21.5. The summed E-state index contributed by atoms with van der Waals surface area (Å²) in [4.78, 5) is 12.0. The lowest BCUT2D eigenvalue weighted by Crippen LogP contribution is -2.45. The number of fused-ring (bicyclic) bond motifs is 4. The average Bonchev–Trinajstić information content (AvgIpc) is 2.71. The van der Waals surface area contributed by atoms with Crippen LogP contribution in [0, 0.1) is 0 Å². The van der Waals surface area contributed by atoms with E-state index in [1.807, 2.05) is 0 Å². The van der Waals surface area contributed by atoms with E-state index in [0.29, 0.717) is 6.07 Å². The van der Waals surface area contributed by atoms with Crippen LogP contribution in [-0.4, -0.2) is 30.4 Å². The van der Waals surface area contributed by atoms with Crippen LogP contribution in [0.1, 0.15) is 21.5 Å². The van der Waals surface area contributed by atoms with Crippen molar-refractivity contribution in [3.8, 4) is 5.75 Å². The SMILES string of the molecule is COc1cccc2c1C(O)(C(F)(F)F)c1cc(C(=O)C(F)(F)F)c3ccccc3c1S2. The zero-order valence-electron chi connectivity index (χ0n) is 15.6. The molecule has 1 N–H and O–H groups in total. The fraction of sp³-hybridized carbons (Fsp3) is 0.190. The molecule has 0 aliphatic carbocycles. The maximum absolute atomic E-state index is 14.3. The molecule has 3 nitrogen and oxygen atoms in total.